The van der Waals surface area contributed by atoms with Crippen LogP contribution in [0.25, 0.3) is 0 Å². The summed E-state index contributed by atoms with van der Waals surface area (Å²) in [5.74, 6) is 0.566. The van der Waals surface area contributed by atoms with Crippen LogP contribution in [0.4, 0.5) is 4.79 Å². The first kappa shape index (κ1) is 23.1. The second kappa shape index (κ2) is 9.04. The Balaban J connectivity index is 1.41. The first-order valence-electron chi connectivity index (χ1n) is 11.4. The number of amides is 3. The van der Waals surface area contributed by atoms with Crippen molar-refractivity contribution in [3.05, 3.63) is 34.3 Å². The maximum absolute atomic E-state index is 13.5. The molecular weight excluding hydrogens is 474 g/mol. The Labute approximate surface area is 198 Å². The largest absolute Gasteiger partial charge is 0.444 e. The summed E-state index contributed by atoms with van der Waals surface area (Å²) in [6, 6.07) is 7.41. The van der Waals surface area contributed by atoms with E-state index in [2.05, 4.69) is 15.9 Å². The van der Waals surface area contributed by atoms with Crippen LogP contribution in [0.5, 0.6) is 0 Å². The van der Waals surface area contributed by atoms with Crippen molar-refractivity contribution in [3.63, 3.8) is 0 Å². The van der Waals surface area contributed by atoms with Crippen molar-refractivity contribution in [1.82, 2.24) is 14.7 Å². The van der Waals surface area contributed by atoms with Crippen LogP contribution >= 0.6 is 15.9 Å². The number of piperidine rings is 2. The molecule has 3 aliphatic rings. The van der Waals surface area contributed by atoms with E-state index in [1.54, 1.807) is 9.80 Å². The van der Waals surface area contributed by atoms with Gasteiger partial charge in [-0.2, -0.15) is 0 Å². The molecule has 0 N–H and O–H groups in total. The van der Waals surface area contributed by atoms with Crippen molar-refractivity contribution in [3.8, 4) is 0 Å². The number of fused-ring (bicyclic) bond motifs is 2. The van der Waals surface area contributed by atoms with Gasteiger partial charge in [-0.25, -0.2) is 4.79 Å². The lowest BCUT2D eigenvalue weighted by atomic mass is 9.84. The number of halogens is 1. The number of ether oxygens (including phenoxy) is 1. The van der Waals surface area contributed by atoms with Gasteiger partial charge in [-0.05, 0) is 57.1 Å². The third-order valence-electron chi connectivity index (χ3n) is 6.46. The summed E-state index contributed by atoms with van der Waals surface area (Å²) in [6.07, 6.45) is 1.73. The van der Waals surface area contributed by atoms with E-state index in [0.29, 0.717) is 45.6 Å². The topological polar surface area (TPSA) is 70.2 Å². The molecule has 0 radical (unpaired) electrons. The zero-order valence-electron chi connectivity index (χ0n) is 19.1. The third kappa shape index (κ3) is 5.11. The summed E-state index contributed by atoms with van der Waals surface area (Å²) in [6.45, 7) is 8.53. The molecular formula is C24H32BrN3O4. The Kier molecular flexibility index (Phi) is 6.52. The standard InChI is InChI=1S/C24H32BrN3O4/c1-24(2,3)32-23(31)27-13-16-10-17(14-27)12-26(11-16)22(30)20-8-9-21(29)28(20)15-18-6-4-5-7-19(18)25/h4-7,16-17,20H,8-15H2,1-3H3/t16?,17?,20-/m0/s1. The first-order valence-corrected chi connectivity index (χ1v) is 12.2. The SMILES string of the molecule is CC(C)(C)OC(=O)N1CC2CC(C1)CN(C(=O)[C@@H]1CCC(=O)N1Cc1ccccc1Br)C2. The molecule has 32 heavy (non-hydrogen) atoms. The average Bonchev–Trinajstić information content (AvgIpc) is 3.07. The molecule has 0 aromatic heterocycles. The Morgan fingerprint density at radius 1 is 1.06 bits per heavy atom. The van der Waals surface area contributed by atoms with Crippen LogP contribution in [-0.2, 0) is 20.9 Å². The molecule has 3 amide bonds. The fraction of sp³-hybridized carbons (Fsp3) is 0.625. The Morgan fingerprint density at radius 3 is 2.31 bits per heavy atom. The highest BCUT2D eigenvalue weighted by molar-refractivity contribution is 9.10. The van der Waals surface area contributed by atoms with Crippen molar-refractivity contribution in [2.45, 2.75) is 58.2 Å². The van der Waals surface area contributed by atoms with Crippen molar-refractivity contribution >= 4 is 33.8 Å². The van der Waals surface area contributed by atoms with Crippen LogP contribution in [0.3, 0.4) is 0 Å². The van der Waals surface area contributed by atoms with Gasteiger partial charge >= 0.3 is 6.09 Å². The molecule has 4 rings (SSSR count). The molecule has 0 aliphatic carbocycles. The molecule has 174 valence electrons. The highest BCUT2D eigenvalue weighted by Gasteiger charge is 2.43. The molecule has 3 atom stereocenters. The quantitative estimate of drug-likeness (QED) is 0.628. The van der Waals surface area contributed by atoms with Crippen LogP contribution in [0.15, 0.2) is 28.7 Å². The molecule has 0 spiro atoms. The lowest BCUT2D eigenvalue weighted by molar-refractivity contribution is -0.145. The minimum atomic E-state index is -0.516. The Morgan fingerprint density at radius 2 is 1.69 bits per heavy atom. The number of rotatable bonds is 3. The molecule has 1 aromatic rings. The van der Waals surface area contributed by atoms with E-state index < -0.39 is 11.6 Å². The van der Waals surface area contributed by atoms with Gasteiger partial charge in [0.05, 0.1) is 0 Å². The van der Waals surface area contributed by atoms with Gasteiger partial charge in [-0.15, -0.1) is 0 Å². The molecule has 8 heteroatoms. The fourth-order valence-electron chi connectivity index (χ4n) is 5.15. The highest BCUT2D eigenvalue weighted by atomic mass is 79.9. The molecule has 2 bridgehead atoms. The summed E-state index contributed by atoms with van der Waals surface area (Å²) in [5, 5.41) is 0. The second-order valence-corrected chi connectivity index (χ2v) is 11.1. The normalized spacial score (nSPS) is 25.8. The number of likely N-dealkylation sites (tertiary alicyclic amines) is 3. The molecule has 1 aromatic carbocycles. The maximum Gasteiger partial charge on any atom is 0.410 e. The molecule has 3 saturated heterocycles. The number of hydrogen-bond acceptors (Lipinski definition) is 4. The van der Waals surface area contributed by atoms with Gasteiger partial charge in [-0.1, -0.05) is 34.1 Å². The lowest BCUT2D eigenvalue weighted by Gasteiger charge is -2.46. The minimum Gasteiger partial charge on any atom is -0.444 e. The summed E-state index contributed by atoms with van der Waals surface area (Å²) in [4.78, 5) is 44.1. The summed E-state index contributed by atoms with van der Waals surface area (Å²) in [7, 11) is 0. The molecule has 3 heterocycles. The first-order chi connectivity index (χ1) is 15.1. The number of carbonyl (C=O) groups is 3. The average molecular weight is 506 g/mol. The van der Waals surface area contributed by atoms with Crippen molar-refractivity contribution in [2.75, 3.05) is 26.2 Å². The number of hydrogen-bond donors (Lipinski definition) is 0. The van der Waals surface area contributed by atoms with Crippen LogP contribution in [0.1, 0.15) is 45.6 Å². The monoisotopic (exact) mass is 505 g/mol. The molecule has 2 unspecified atom stereocenters. The second-order valence-electron chi connectivity index (χ2n) is 10.3. The lowest BCUT2D eigenvalue weighted by Crippen LogP contribution is -2.58. The predicted molar refractivity (Wildman–Crippen MR) is 124 cm³/mol. The van der Waals surface area contributed by atoms with Crippen LogP contribution in [0, 0.1) is 11.8 Å². The highest BCUT2D eigenvalue weighted by Crippen LogP contribution is 2.32. The van der Waals surface area contributed by atoms with E-state index in [-0.39, 0.29) is 29.7 Å². The van der Waals surface area contributed by atoms with E-state index in [0.717, 1.165) is 16.5 Å². The van der Waals surface area contributed by atoms with E-state index in [1.807, 2.05) is 49.9 Å². The summed E-state index contributed by atoms with van der Waals surface area (Å²) >= 11 is 3.55. The van der Waals surface area contributed by atoms with Crippen LogP contribution < -0.4 is 0 Å². The van der Waals surface area contributed by atoms with Crippen LogP contribution in [-0.4, -0.2) is 70.4 Å². The Hall–Kier alpha value is -2.09. The zero-order valence-corrected chi connectivity index (χ0v) is 20.6. The van der Waals surface area contributed by atoms with Gasteiger partial charge in [0, 0.05) is 43.6 Å². The van der Waals surface area contributed by atoms with Gasteiger partial charge in [0.2, 0.25) is 11.8 Å². The summed E-state index contributed by atoms with van der Waals surface area (Å²) in [5.41, 5.74) is 0.488. The van der Waals surface area contributed by atoms with E-state index in [1.165, 1.54) is 0 Å². The number of nitrogens with zero attached hydrogens (tertiary/aromatic N) is 3. The predicted octanol–water partition coefficient (Wildman–Crippen LogP) is 3.66. The minimum absolute atomic E-state index is 0.0346. The zero-order chi connectivity index (χ0) is 23.0. The van der Waals surface area contributed by atoms with E-state index >= 15 is 0 Å². The van der Waals surface area contributed by atoms with Crippen molar-refractivity contribution in [1.29, 1.82) is 0 Å². The summed E-state index contributed by atoms with van der Waals surface area (Å²) < 4.78 is 6.49. The van der Waals surface area contributed by atoms with Gasteiger partial charge in [0.15, 0.2) is 0 Å². The molecule has 0 saturated carbocycles. The smallest absolute Gasteiger partial charge is 0.410 e. The fourth-order valence-corrected chi connectivity index (χ4v) is 5.56. The Bertz CT molecular complexity index is 885. The van der Waals surface area contributed by atoms with Gasteiger partial charge in [-0.3, -0.25) is 9.59 Å². The number of benzene rings is 1. The molecule has 7 nitrogen and oxygen atoms in total. The van der Waals surface area contributed by atoms with Crippen LogP contribution in [0.2, 0.25) is 0 Å². The van der Waals surface area contributed by atoms with Gasteiger partial charge < -0.3 is 19.4 Å². The van der Waals surface area contributed by atoms with Crippen molar-refractivity contribution < 1.29 is 19.1 Å². The van der Waals surface area contributed by atoms with E-state index in [9.17, 15) is 14.4 Å². The number of carbonyl (C=O) groups excluding carboxylic acids is 3. The van der Waals surface area contributed by atoms with E-state index in [4.69, 9.17) is 4.74 Å². The molecule has 3 aliphatic heterocycles. The molecule has 3 fully saturated rings. The van der Waals surface area contributed by atoms with Gasteiger partial charge in [0.1, 0.15) is 11.6 Å². The third-order valence-corrected chi connectivity index (χ3v) is 7.23. The maximum atomic E-state index is 13.5. The van der Waals surface area contributed by atoms with Gasteiger partial charge in [0.25, 0.3) is 0 Å². The van der Waals surface area contributed by atoms with Crippen molar-refractivity contribution in [2.24, 2.45) is 11.8 Å².